The molecule has 2 aromatic heterocycles. The van der Waals surface area contributed by atoms with Gasteiger partial charge in [0.25, 0.3) is 0 Å². The average molecular weight is 260 g/mol. The lowest BCUT2D eigenvalue weighted by Gasteiger charge is -1.92. The van der Waals surface area contributed by atoms with Gasteiger partial charge in [0.1, 0.15) is 3.70 Å². The number of halogens is 1. The summed E-state index contributed by atoms with van der Waals surface area (Å²) in [5, 5.41) is 12.0. The molecule has 0 N–H and O–H groups in total. The van der Waals surface area contributed by atoms with Gasteiger partial charge in [-0.3, -0.25) is 0 Å². The van der Waals surface area contributed by atoms with E-state index in [1.165, 1.54) is 0 Å². The summed E-state index contributed by atoms with van der Waals surface area (Å²) in [4.78, 5) is 0. The van der Waals surface area contributed by atoms with Gasteiger partial charge >= 0.3 is 0 Å². The van der Waals surface area contributed by atoms with Crippen molar-refractivity contribution in [2.45, 2.75) is 6.92 Å². The molecule has 0 radical (unpaired) electrons. The van der Waals surface area contributed by atoms with Gasteiger partial charge in [0.2, 0.25) is 0 Å². The summed E-state index contributed by atoms with van der Waals surface area (Å²) in [6.07, 6.45) is 0. The summed E-state index contributed by atoms with van der Waals surface area (Å²) < 4.78 is 2.67. The predicted molar refractivity (Wildman–Crippen MR) is 48.2 cm³/mol. The number of aryl methyl sites for hydroxylation is 1. The molecule has 2 rings (SSSR count). The first kappa shape index (κ1) is 6.96. The van der Waals surface area contributed by atoms with Gasteiger partial charge in [0.15, 0.2) is 11.5 Å². The fourth-order valence-electron chi connectivity index (χ4n) is 0.874. The van der Waals surface area contributed by atoms with Crippen molar-refractivity contribution in [1.82, 2.24) is 19.8 Å². The van der Waals surface area contributed by atoms with Crippen LogP contribution in [0.15, 0.2) is 12.1 Å². The molecule has 0 bridgehead atoms. The van der Waals surface area contributed by atoms with E-state index in [-0.39, 0.29) is 0 Å². The smallest absolute Gasteiger partial charge is 0.177 e. The van der Waals surface area contributed by atoms with Crippen LogP contribution in [-0.4, -0.2) is 19.8 Å². The minimum Gasteiger partial charge on any atom is -0.197 e. The maximum Gasteiger partial charge on any atom is 0.177 e. The van der Waals surface area contributed by atoms with Crippen LogP contribution in [0.4, 0.5) is 0 Å². The molecular formula is C6H5IN4. The third kappa shape index (κ3) is 1.09. The van der Waals surface area contributed by atoms with E-state index in [4.69, 9.17) is 0 Å². The lowest BCUT2D eigenvalue weighted by atomic mass is 10.5. The summed E-state index contributed by atoms with van der Waals surface area (Å²) in [7, 11) is 0. The second kappa shape index (κ2) is 2.40. The molecule has 0 fully saturated rings. The minimum absolute atomic E-state index is 0.794. The molecule has 4 nitrogen and oxygen atoms in total. The molecule has 5 heteroatoms. The normalized spacial score (nSPS) is 10.7. The standard InChI is InChI=1S/C6H5IN4/c1-4-8-9-6-3-2-5(7)10-11(4)6/h2-3H,1H3. The highest BCUT2D eigenvalue weighted by Gasteiger charge is 2.00. The number of hydrogen-bond donors (Lipinski definition) is 0. The van der Waals surface area contributed by atoms with E-state index in [0.29, 0.717) is 0 Å². The van der Waals surface area contributed by atoms with Crippen molar-refractivity contribution in [3.05, 3.63) is 21.7 Å². The quantitative estimate of drug-likeness (QED) is 0.664. The summed E-state index contributed by atoms with van der Waals surface area (Å²) in [5.41, 5.74) is 0.794. The van der Waals surface area contributed by atoms with Gasteiger partial charge in [-0.25, -0.2) is 0 Å². The van der Waals surface area contributed by atoms with Crippen LogP contribution in [0.25, 0.3) is 5.65 Å². The molecule has 56 valence electrons. The molecule has 11 heavy (non-hydrogen) atoms. The fraction of sp³-hybridized carbons (Fsp3) is 0.167. The van der Waals surface area contributed by atoms with Crippen molar-refractivity contribution >= 4 is 28.2 Å². The van der Waals surface area contributed by atoms with Gasteiger partial charge in [0, 0.05) is 0 Å². The van der Waals surface area contributed by atoms with Crippen LogP contribution >= 0.6 is 22.6 Å². The predicted octanol–water partition coefficient (Wildman–Crippen LogP) is 1.04. The summed E-state index contributed by atoms with van der Waals surface area (Å²) in [6.45, 7) is 1.88. The van der Waals surface area contributed by atoms with E-state index in [9.17, 15) is 0 Å². The van der Waals surface area contributed by atoms with E-state index >= 15 is 0 Å². The molecule has 0 saturated heterocycles. The van der Waals surface area contributed by atoms with Crippen molar-refractivity contribution in [3.63, 3.8) is 0 Å². The number of hydrogen-bond acceptors (Lipinski definition) is 3. The van der Waals surface area contributed by atoms with E-state index in [1.54, 1.807) is 4.52 Å². The van der Waals surface area contributed by atoms with Crippen molar-refractivity contribution < 1.29 is 0 Å². The van der Waals surface area contributed by atoms with Crippen LogP contribution in [0, 0.1) is 10.6 Å². The lowest BCUT2D eigenvalue weighted by Crippen LogP contribution is -1.95. The Morgan fingerprint density at radius 2 is 2.18 bits per heavy atom. The van der Waals surface area contributed by atoms with Crippen LogP contribution in [-0.2, 0) is 0 Å². The number of nitrogens with zero attached hydrogens (tertiary/aromatic N) is 4. The van der Waals surface area contributed by atoms with Crippen LogP contribution in [0.5, 0.6) is 0 Å². The first-order valence-corrected chi connectivity index (χ1v) is 4.20. The minimum atomic E-state index is 0.794. The Hall–Kier alpha value is -0.720. The Morgan fingerprint density at radius 1 is 1.36 bits per heavy atom. The van der Waals surface area contributed by atoms with Gasteiger partial charge < -0.3 is 0 Å². The Balaban J connectivity index is 2.87. The van der Waals surface area contributed by atoms with Crippen LogP contribution in [0.1, 0.15) is 5.82 Å². The van der Waals surface area contributed by atoms with Crippen molar-refractivity contribution in [2.75, 3.05) is 0 Å². The first-order chi connectivity index (χ1) is 5.27. The number of rotatable bonds is 0. The zero-order valence-electron chi connectivity index (χ0n) is 5.82. The van der Waals surface area contributed by atoms with E-state index in [2.05, 4.69) is 37.9 Å². The molecule has 0 aliphatic carbocycles. The van der Waals surface area contributed by atoms with E-state index in [1.807, 2.05) is 19.1 Å². The fourth-order valence-corrected chi connectivity index (χ4v) is 1.27. The van der Waals surface area contributed by atoms with Crippen molar-refractivity contribution in [2.24, 2.45) is 0 Å². The second-order valence-electron chi connectivity index (χ2n) is 2.17. The zero-order chi connectivity index (χ0) is 7.84. The Labute approximate surface area is 76.8 Å². The zero-order valence-corrected chi connectivity index (χ0v) is 7.98. The molecule has 0 aliphatic rings. The molecule has 0 saturated carbocycles. The number of aromatic nitrogens is 4. The largest absolute Gasteiger partial charge is 0.197 e. The molecule has 0 amide bonds. The van der Waals surface area contributed by atoms with Gasteiger partial charge in [-0.15, -0.1) is 10.2 Å². The number of fused-ring (bicyclic) bond motifs is 1. The van der Waals surface area contributed by atoms with Crippen molar-refractivity contribution in [1.29, 1.82) is 0 Å². The summed E-state index contributed by atoms with van der Waals surface area (Å²) in [6, 6.07) is 3.80. The highest BCUT2D eigenvalue weighted by molar-refractivity contribution is 14.1. The summed E-state index contributed by atoms with van der Waals surface area (Å²) >= 11 is 2.15. The highest BCUT2D eigenvalue weighted by Crippen LogP contribution is 2.03. The molecule has 2 aromatic rings. The topological polar surface area (TPSA) is 43.1 Å². The molecule has 0 atom stereocenters. The monoisotopic (exact) mass is 260 g/mol. The maximum atomic E-state index is 4.21. The third-order valence-corrected chi connectivity index (χ3v) is 1.96. The molecule has 0 aliphatic heterocycles. The van der Waals surface area contributed by atoms with Crippen LogP contribution in [0.2, 0.25) is 0 Å². The van der Waals surface area contributed by atoms with Gasteiger partial charge in [-0.2, -0.15) is 9.61 Å². The van der Waals surface area contributed by atoms with Crippen LogP contribution < -0.4 is 0 Å². The van der Waals surface area contributed by atoms with E-state index < -0.39 is 0 Å². The highest BCUT2D eigenvalue weighted by atomic mass is 127. The molecular weight excluding hydrogens is 255 g/mol. The maximum absolute atomic E-state index is 4.21. The average Bonchev–Trinajstić information content (AvgIpc) is 2.33. The first-order valence-electron chi connectivity index (χ1n) is 3.12. The summed E-state index contributed by atoms with van der Waals surface area (Å²) in [5.74, 6) is 0.818. The Kier molecular flexibility index (Phi) is 1.52. The van der Waals surface area contributed by atoms with Gasteiger partial charge in [-0.1, -0.05) is 0 Å². The second-order valence-corrected chi connectivity index (χ2v) is 3.28. The third-order valence-electron chi connectivity index (χ3n) is 1.39. The van der Waals surface area contributed by atoms with Gasteiger partial charge in [0.05, 0.1) is 0 Å². The lowest BCUT2D eigenvalue weighted by molar-refractivity contribution is 0.860. The molecule has 0 unspecified atom stereocenters. The van der Waals surface area contributed by atoms with Gasteiger partial charge in [-0.05, 0) is 41.6 Å². The molecule has 0 aromatic carbocycles. The Bertz CT molecular complexity index is 394. The van der Waals surface area contributed by atoms with E-state index in [0.717, 1.165) is 15.2 Å². The van der Waals surface area contributed by atoms with Crippen LogP contribution in [0.3, 0.4) is 0 Å². The molecule has 0 spiro atoms. The van der Waals surface area contributed by atoms with Crippen molar-refractivity contribution in [3.8, 4) is 0 Å². The SMILES string of the molecule is Cc1nnc2ccc(I)nn12. The Morgan fingerprint density at radius 3 is 3.00 bits per heavy atom. The molecule has 2 heterocycles.